The topological polar surface area (TPSA) is 38.0 Å². The molecule has 0 amide bonds. The maximum Gasteiger partial charge on any atom is 0.0454 e. The van der Waals surface area contributed by atoms with Gasteiger partial charge in [-0.1, -0.05) is 24.3 Å². The zero-order valence-electron chi connectivity index (χ0n) is 9.72. The lowest BCUT2D eigenvalue weighted by Crippen LogP contribution is -2.18. The molecule has 0 aliphatic heterocycles. The second-order valence-electron chi connectivity index (χ2n) is 3.76. The van der Waals surface area contributed by atoms with Gasteiger partial charge in [0.2, 0.25) is 0 Å². The van der Waals surface area contributed by atoms with E-state index in [-0.39, 0.29) is 12.4 Å². The van der Waals surface area contributed by atoms with Crippen LogP contribution in [0.25, 0.3) is 0 Å². The predicted molar refractivity (Wildman–Crippen MR) is 77.9 cm³/mol. The molecule has 1 atom stereocenters. The Morgan fingerprint density at radius 1 is 1.24 bits per heavy atom. The van der Waals surface area contributed by atoms with E-state index in [9.17, 15) is 0 Å². The fraction of sp³-hybridized carbons (Fsp3) is 0.231. The third-order valence-corrected chi connectivity index (χ3v) is 3.70. The molecule has 0 saturated carbocycles. The van der Waals surface area contributed by atoms with Crippen LogP contribution in [-0.2, 0) is 6.42 Å². The van der Waals surface area contributed by atoms with Crippen LogP contribution in [0, 0.1) is 0 Å². The number of benzene rings is 1. The Kier molecular flexibility index (Phi) is 5.48. The van der Waals surface area contributed by atoms with Crippen molar-refractivity contribution in [2.24, 2.45) is 0 Å². The Hall–Kier alpha value is -1.03. The Balaban J connectivity index is 0.00000144. The summed E-state index contributed by atoms with van der Waals surface area (Å²) in [6.07, 6.45) is 0.934. The minimum absolute atomic E-state index is 0. The van der Waals surface area contributed by atoms with Crippen LogP contribution in [-0.4, -0.2) is 7.05 Å². The number of para-hydroxylation sites is 1. The van der Waals surface area contributed by atoms with Crippen molar-refractivity contribution in [1.82, 2.24) is 5.32 Å². The van der Waals surface area contributed by atoms with Crippen molar-refractivity contribution < 1.29 is 0 Å². The molecule has 3 N–H and O–H groups in total. The van der Waals surface area contributed by atoms with E-state index in [1.165, 1.54) is 10.4 Å². The molecule has 1 aromatic carbocycles. The van der Waals surface area contributed by atoms with Gasteiger partial charge in [-0.05, 0) is 36.5 Å². The summed E-state index contributed by atoms with van der Waals surface area (Å²) in [5, 5.41) is 5.44. The largest absolute Gasteiger partial charge is 0.399 e. The van der Waals surface area contributed by atoms with Gasteiger partial charge in [0, 0.05) is 16.6 Å². The molecule has 2 aromatic rings. The van der Waals surface area contributed by atoms with Gasteiger partial charge in [-0.15, -0.1) is 23.7 Å². The van der Waals surface area contributed by atoms with Crippen molar-refractivity contribution >= 4 is 29.4 Å². The number of likely N-dealkylation sites (N-methyl/N-ethyl adjacent to an activating group) is 1. The lowest BCUT2D eigenvalue weighted by molar-refractivity contribution is 0.603. The molecular weight excluding hydrogens is 252 g/mol. The minimum Gasteiger partial charge on any atom is -0.399 e. The maximum atomic E-state index is 5.95. The Morgan fingerprint density at radius 2 is 2.00 bits per heavy atom. The number of thiophene rings is 1. The van der Waals surface area contributed by atoms with Crippen molar-refractivity contribution in [3.63, 3.8) is 0 Å². The standard InChI is InChI=1S/C13H16N2S.ClH/c1-15-12(13-7-4-8-16-13)9-10-5-2-3-6-11(10)14;/h2-8,12,15H,9,14H2,1H3;1H. The molecule has 0 spiro atoms. The maximum absolute atomic E-state index is 5.95. The summed E-state index contributed by atoms with van der Waals surface area (Å²) in [6.45, 7) is 0. The molecule has 17 heavy (non-hydrogen) atoms. The quantitative estimate of drug-likeness (QED) is 0.836. The van der Waals surface area contributed by atoms with E-state index >= 15 is 0 Å². The molecule has 0 fully saturated rings. The van der Waals surface area contributed by atoms with Crippen LogP contribution in [0.1, 0.15) is 16.5 Å². The highest BCUT2D eigenvalue weighted by Crippen LogP contribution is 2.24. The molecule has 1 aromatic heterocycles. The summed E-state index contributed by atoms with van der Waals surface area (Å²) < 4.78 is 0. The molecule has 1 unspecified atom stereocenters. The van der Waals surface area contributed by atoms with Crippen molar-refractivity contribution in [2.75, 3.05) is 12.8 Å². The summed E-state index contributed by atoms with van der Waals surface area (Å²) in [5.41, 5.74) is 8.03. The SMILES string of the molecule is CNC(Cc1ccccc1N)c1cccs1.Cl. The molecule has 0 aliphatic rings. The zero-order chi connectivity index (χ0) is 11.4. The van der Waals surface area contributed by atoms with E-state index in [1.54, 1.807) is 11.3 Å². The van der Waals surface area contributed by atoms with Crippen molar-refractivity contribution in [3.05, 3.63) is 52.2 Å². The first-order valence-corrected chi connectivity index (χ1v) is 6.23. The number of rotatable bonds is 4. The van der Waals surface area contributed by atoms with Crippen molar-refractivity contribution in [3.8, 4) is 0 Å². The van der Waals surface area contributed by atoms with E-state index in [2.05, 4.69) is 28.9 Å². The highest BCUT2D eigenvalue weighted by Gasteiger charge is 2.12. The van der Waals surface area contributed by atoms with Gasteiger partial charge in [-0.25, -0.2) is 0 Å². The summed E-state index contributed by atoms with van der Waals surface area (Å²) in [7, 11) is 1.99. The molecule has 0 bridgehead atoms. The van der Waals surface area contributed by atoms with E-state index in [1.807, 2.05) is 25.2 Å². The Bertz CT molecular complexity index is 442. The van der Waals surface area contributed by atoms with E-state index in [0.717, 1.165) is 12.1 Å². The van der Waals surface area contributed by atoms with Gasteiger partial charge in [0.25, 0.3) is 0 Å². The summed E-state index contributed by atoms with van der Waals surface area (Å²) in [5.74, 6) is 0. The van der Waals surface area contributed by atoms with Crippen LogP contribution in [0.3, 0.4) is 0 Å². The zero-order valence-corrected chi connectivity index (χ0v) is 11.4. The number of nitrogens with one attached hydrogen (secondary N) is 1. The number of halogens is 1. The van der Waals surface area contributed by atoms with Crippen molar-refractivity contribution in [2.45, 2.75) is 12.5 Å². The molecule has 0 radical (unpaired) electrons. The Morgan fingerprint density at radius 3 is 2.59 bits per heavy atom. The average molecular weight is 269 g/mol. The van der Waals surface area contributed by atoms with E-state index < -0.39 is 0 Å². The molecule has 2 nitrogen and oxygen atoms in total. The molecule has 4 heteroatoms. The highest BCUT2D eigenvalue weighted by atomic mass is 35.5. The number of nitrogens with two attached hydrogens (primary N) is 1. The first-order chi connectivity index (χ1) is 7.81. The second kappa shape index (κ2) is 6.64. The van der Waals surface area contributed by atoms with Crippen molar-refractivity contribution in [1.29, 1.82) is 0 Å². The lowest BCUT2D eigenvalue weighted by atomic mass is 10.0. The first-order valence-electron chi connectivity index (χ1n) is 5.35. The second-order valence-corrected chi connectivity index (χ2v) is 4.74. The molecule has 0 saturated heterocycles. The fourth-order valence-electron chi connectivity index (χ4n) is 1.77. The summed E-state index contributed by atoms with van der Waals surface area (Å²) in [6, 6.07) is 12.6. The van der Waals surface area contributed by atoms with Gasteiger partial charge in [-0.2, -0.15) is 0 Å². The van der Waals surface area contributed by atoms with Crippen LogP contribution in [0.4, 0.5) is 5.69 Å². The highest BCUT2D eigenvalue weighted by molar-refractivity contribution is 7.10. The average Bonchev–Trinajstić information content (AvgIpc) is 2.81. The number of anilines is 1. The van der Waals surface area contributed by atoms with Gasteiger partial charge < -0.3 is 11.1 Å². The molecule has 0 aliphatic carbocycles. The molecular formula is C13H17ClN2S. The summed E-state index contributed by atoms with van der Waals surface area (Å²) in [4.78, 5) is 1.35. The van der Waals surface area contributed by atoms with Crippen LogP contribution in [0.5, 0.6) is 0 Å². The molecule has 2 rings (SSSR count). The monoisotopic (exact) mass is 268 g/mol. The Labute approximate surface area is 112 Å². The van der Waals surface area contributed by atoms with Gasteiger partial charge in [-0.3, -0.25) is 0 Å². The van der Waals surface area contributed by atoms with Gasteiger partial charge >= 0.3 is 0 Å². The molecule has 1 heterocycles. The normalized spacial score (nSPS) is 11.8. The van der Waals surface area contributed by atoms with Gasteiger partial charge in [0.15, 0.2) is 0 Å². The van der Waals surface area contributed by atoms with Gasteiger partial charge in [0.1, 0.15) is 0 Å². The van der Waals surface area contributed by atoms with E-state index in [0.29, 0.717) is 6.04 Å². The third kappa shape index (κ3) is 3.46. The van der Waals surface area contributed by atoms with Gasteiger partial charge in [0.05, 0.1) is 0 Å². The number of nitrogen functional groups attached to an aromatic ring is 1. The first kappa shape index (κ1) is 14.0. The minimum atomic E-state index is 0. The fourth-order valence-corrected chi connectivity index (χ4v) is 2.61. The predicted octanol–water partition coefficient (Wildman–Crippen LogP) is 3.26. The smallest absolute Gasteiger partial charge is 0.0454 e. The number of hydrogen-bond acceptors (Lipinski definition) is 3. The third-order valence-electron chi connectivity index (χ3n) is 2.71. The van der Waals surface area contributed by atoms with Crippen LogP contribution in [0.15, 0.2) is 41.8 Å². The molecule has 92 valence electrons. The summed E-state index contributed by atoms with van der Waals surface area (Å²) >= 11 is 1.78. The lowest BCUT2D eigenvalue weighted by Gasteiger charge is -2.15. The van der Waals surface area contributed by atoms with E-state index in [4.69, 9.17) is 5.73 Å². The van der Waals surface area contributed by atoms with Crippen LogP contribution >= 0.6 is 23.7 Å². The number of hydrogen-bond donors (Lipinski definition) is 2. The van der Waals surface area contributed by atoms with Crippen LogP contribution in [0.2, 0.25) is 0 Å². The van der Waals surface area contributed by atoms with Crippen LogP contribution < -0.4 is 11.1 Å².